The molecule has 0 rings (SSSR count). The quantitative estimate of drug-likeness (QED) is 0.446. The second-order valence-electron chi connectivity index (χ2n) is 4.67. The van der Waals surface area contributed by atoms with Crippen molar-refractivity contribution in [2.75, 3.05) is 20.8 Å². The van der Waals surface area contributed by atoms with Gasteiger partial charge in [0, 0.05) is 35.0 Å². The Bertz CT molecular complexity index is 381. The fourth-order valence-corrected chi connectivity index (χ4v) is 2.03. The smallest absolute Gasteiger partial charge is 0.303 e. The molecule has 0 amide bonds. The van der Waals surface area contributed by atoms with Gasteiger partial charge in [-0.1, -0.05) is 0 Å². The Balaban J connectivity index is 5.15. The normalized spacial score (nSPS) is 16.1. The van der Waals surface area contributed by atoms with Gasteiger partial charge in [-0.15, -0.1) is 0 Å². The number of esters is 3. The third kappa shape index (κ3) is 7.37. The molecule has 0 bridgehead atoms. The van der Waals surface area contributed by atoms with Crippen molar-refractivity contribution in [3.8, 4) is 0 Å². The van der Waals surface area contributed by atoms with Crippen LogP contribution in [-0.4, -0.2) is 63.2 Å². The first-order valence-corrected chi connectivity index (χ1v) is 6.76. The van der Waals surface area contributed by atoms with Gasteiger partial charge < -0.3 is 23.7 Å². The number of methoxy groups -OCH3 is 2. The third-order valence-electron chi connectivity index (χ3n) is 2.82. The van der Waals surface area contributed by atoms with Gasteiger partial charge in [-0.05, 0) is 6.92 Å². The van der Waals surface area contributed by atoms with Crippen LogP contribution >= 0.6 is 0 Å². The zero-order valence-electron chi connectivity index (χ0n) is 13.8. The van der Waals surface area contributed by atoms with Gasteiger partial charge in [-0.3, -0.25) is 14.4 Å². The molecule has 0 saturated carbocycles. The van der Waals surface area contributed by atoms with Crippen LogP contribution in [0.25, 0.3) is 0 Å². The fraction of sp³-hybridized carbons (Fsp3) is 0.786. The SMILES string of the molecule is CO[C@@H]([C@H](OC)[C@@H](COC(C)=O)OC(C)=O)[C@@H](C)OC(C)=O. The highest BCUT2D eigenvalue weighted by atomic mass is 16.6. The fourth-order valence-electron chi connectivity index (χ4n) is 2.03. The van der Waals surface area contributed by atoms with Crippen molar-refractivity contribution in [1.82, 2.24) is 0 Å². The van der Waals surface area contributed by atoms with Gasteiger partial charge in [0.25, 0.3) is 0 Å². The minimum absolute atomic E-state index is 0.194. The van der Waals surface area contributed by atoms with E-state index in [0.29, 0.717) is 0 Å². The molecule has 0 heterocycles. The maximum atomic E-state index is 11.2. The van der Waals surface area contributed by atoms with Crippen molar-refractivity contribution < 1.29 is 38.1 Å². The van der Waals surface area contributed by atoms with Gasteiger partial charge >= 0.3 is 17.9 Å². The maximum Gasteiger partial charge on any atom is 0.303 e. The van der Waals surface area contributed by atoms with Gasteiger partial charge in [0.05, 0.1) is 0 Å². The molecule has 0 aliphatic heterocycles. The number of carbonyl (C=O) groups excluding carboxylic acids is 3. The van der Waals surface area contributed by atoms with E-state index in [0.717, 1.165) is 0 Å². The molecule has 0 unspecified atom stereocenters. The molecule has 0 aliphatic carbocycles. The molecule has 8 heteroatoms. The predicted molar refractivity (Wildman–Crippen MR) is 75.0 cm³/mol. The number of ether oxygens (including phenoxy) is 5. The molecular formula is C14H24O8. The Hall–Kier alpha value is -1.67. The summed E-state index contributed by atoms with van der Waals surface area (Å²) in [5.74, 6) is -1.56. The zero-order valence-corrected chi connectivity index (χ0v) is 13.8. The molecule has 0 saturated heterocycles. The van der Waals surface area contributed by atoms with E-state index < -0.39 is 42.3 Å². The molecule has 128 valence electrons. The van der Waals surface area contributed by atoms with E-state index >= 15 is 0 Å². The van der Waals surface area contributed by atoms with Crippen LogP contribution in [0.5, 0.6) is 0 Å². The van der Waals surface area contributed by atoms with Gasteiger partial charge in [0.15, 0.2) is 6.10 Å². The first-order chi connectivity index (χ1) is 10.2. The van der Waals surface area contributed by atoms with Crippen molar-refractivity contribution in [1.29, 1.82) is 0 Å². The Kier molecular flexibility index (Phi) is 9.35. The number of carbonyl (C=O) groups is 3. The Morgan fingerprint density at radius 3 is 1.68 bits per heavy atom. The van der Waals surface area contributed by atoms with Gasteiger partial charge in [-0.25, -0.2) is 0 Å². The van der Waals surface area contributed by atoms with Crippen LogP contribution in [0.2, 0.25) is 0 Å². The van der Waals surface area contributed by atoms with E-state index in [1.54, 1.807) is 6.92 Å². The molecule has 0 aromatic carbocycles. The maximum absolute atomic E-state index is 11.2. The second kappa shape index (κ2) is 10.1. The summed E-state index contributed by atoms with van der Waals surface area (Å²) in [5.41, 5.74) is 0. The number of hydrogen-bond acceptors (Lipinski definition) is 8. The highest BCUT2D eigenvalue weighted by molar-refractivity contribution is 5.67. The van der Waals surface area contributed by atoms with Crippen LogP contribution in [0.4, 0.5) is 0 Å². The van der Waals surface area contributed by atoms with E-state index in [2.05, 4.69) is 0 Å². The van der Waals surface area contributed by atoms with E-state index in [4.69, 9.17) is 23.7 Å². The van der Waals surface area contributed by atoms with Crippen LogP contribution in [0.1, 0.15) is 27.7 Å². The topological polar surface area (TPSA) is 97.4 Å². The summed E-state index contributed by atoms with van der Waals surface area (Å²) in [4.78, 5) is 33.3. The lowest BCUT2D eigenvalue weighted by molar-refractivity contribution is -0.187. The summed E-state index contributed by atoms with van der Waals surface area (Å²) in [6.45, 7) is 5.17. The molecule has 0 N–H and O–H groups in total. The van der Waals surface area contributed by atoms with Crippen LogP contribution in [0, 0.1) is 0 Å². The van der Waals surface area contributed by atoms with Crippen LogP contribution in [0.3, 0.4) is 0 Å². The molecule has 4 atom stereocenters. The van der Waals surface area contributed by atoms with E-state index in [1.165, 1.54) is 35.0 Å². The van der Waals surface area contributed by atoms with Gasteiger partial charge in [0.1, 0.15) is 24.9 Å². The average Bonchev–Trinajstić information content (AvgIpc) is 2.39. The van der Waals surface area contributed by atoms with Gasteiger partial charge in [0.2, 0.25) is 0 Å². The summed E-state index contributed by atoms with van der Waals surface area (Å²) < 4.78 is 25.7. The van der Waals surface area contributed by atoms with E-state index in [-0.39, 0.29) is 6.61 Å². The molecule has 8 nitrogen and oxygen atoms in total. The Morgan fingerprint density at radius 2 is 1.32 bits per heavy atom. The van der Waals surface area contributed by atoms with Crippen LogP contribution in [-0.2, 0) is 38.1 Å². The minimum atomic E-state index is -0.894. The summed E-state index contributed by atoms with van der Waals surface area (Å²) in [6.07, 6.45) is -3.05. The minimum Gasteiger partial charge on any atom is -0.462 e. The lowest BCUT2D eigenvalue weighted by Crippen LogP contribution is -2.50. The lowest BCUT2D eigenvalue weighted by atomic mass is 10.0. The van der Waals surface area contributed by atoms with E-state index in [9.17, 15) is 14.4 Å². The Morgan fingerprint density at radius 1 is 0.818 bits per heavy atom. The van der Waals surface area contributed by atoms with Gasteiger partial charge in [-0.2, -0.15) is 0 Å². The average molecular weight is 320 g/mol. The van der Waals surface area contributed by atoms with Crippen molar-refractivity contribution in [3.63, 3.8) is 0 Å². The lowest BCUT2D eigenvalue weighted by Gasteiger charge is -2.33. The molecule has 0 aromatic heterocycles. The second-order valence-corrected chi connectivity index (χ2v) is 4.67. The van der Waals surface area contributed by atoms with Crippen molar-refractivity contribution in [2.45, 2.75) is 52.1 Å². The van der Waals surface area contributed by atoms with Crippen molar-refractivity contribution in [2.24, 2.45) is 0 Å². The molecule has 0 aliphatic rings. The highest BCUT2D eigenvalue weighted by Crippen LogP contribution is 2.17. The third-order valence-corrected chi connectivity index (χ3v) is 2.82. The monoisotopic (exact) mass is 320 g/mol. The standard InChI is InChI=1S/C14H24O8/c1-8(21-10(3)16)13(18-5)14(19-6)12(22-11(4)17)7-20-9(2)15/h8,12-14H,7H2,1-6H3/t8-,12-,13-,14-/m1/s1. The molecule has 0 radical (unpaired) electrons. The Labute approximate surface area is 130 Å². The van der Waals surface area contributed by atoms with Crippen LogP contribution < -0.4 is 0 Å². The molecular weight excluding hydrogens is 296 g/mol. The zero-order chi connectivity index (χ0) is 17.3. The molecule has 0 spiro atoms. The van der Waals surface area contributed by atoms with Crippen molar-refractivity contribution >= 4 is 17.9 Å². The first-order valence-electron chi connectivity index (χ1n) is 6.76. The molecule has 0 fully saturated rings. The van der Waals surface area contributed by atoms with E-state index in [1.807, 2.05) is 0 Å². The summed E-state index contributed by atoms with van der Waals surface area (Å²) in [6, 6.07) is 0. The molecule has 22 heavy (non-hydrogen) atoms. The summed E-state index contributed by atoms with van der Waals surface area (Å²) >= 11 is 0. The molecule has 0 aromatic rings. The summed E-state index contributed by atoms with van der Waals surface area (Å²) in [7, 11) is 2.80. The summed E-state index contributed by atoms with van der Waals surface area (Å²) in [5, 5.41) is 0. The largest absolute Gasteiger partial charge is 0.462 e. The van der Waals surface area contributed by atoms with Crippen LogP contribution in [0.15, 0.2) is 0 Å². The first kappa shape index (κ1) is 20.3. The highest BCUT2D eigenvalue weighted by Gasteiger charge is 2.37. The number of hydrogen-bond donors (Lipinski definition) is 0. The number of rotatable bonds is 9. The van der Waals surface area contributed by atoms with Crippen molar-refractivity contribution in [3.05, 3.63) is 0 Å². The predicted octanol–water partition coefficient (Wildman–Crippen LogP) is 0.463.